The molecule has 2 N–H and O–H groups in total. The lowest BCUT2D eigenvalue weighted by atomic mass is 9.85. The van der Waals surface area contributed by atoms with Gasteiger partial charge in [-0.3, -0.25) is 9.59 Å². The zero-order valence-corrected chi connectivity index (χ0v) is 13.8. The monoisotopic (exact) mass is 341 g/mol. The summed E-state index contributed by atoms with van der Waals surface area (Å²) in [6.45, 7) is 0.138. The zero-order chi connectivity index (χ0) is 15.7. The van der Waals surface area contributed by atoms with Crippen molar-refractivity contribution in [3.63, 3.8) is 0 Å². The maximum atomic E-state index is 12.1. The molecule has 0 aliphatic heterocycles. The van der Waals surface area contributed by atoms with Crippen LogP contribution in [0.5, 0.6) is 0 Å². The fraction of sp³-hybridized carbons (Fsp3) is 0.625. The second kappa shape index (κ2) is 6.69. The van der Waals surface area contributed by atoms with Crippen molar-refractivity contribution >= 4 is 34.6 Å². The summed E-state index contributed by atoms with van der Waals surface area (Å²) < 4.78 is 0.584. The Kier molecular flexibility index (Phi) is 4.85. The summed E-state index contributed by atoms with van der Waals surface area (Å²) in [7, 11) is 0. The van der Waals surface area contributed by atoms with E-state index in [-0.39, 0.29) is 43.1 Å². The molecule has 2 aliphatic rings. The van der Waals surface area contributed by atoms with Gasteiger partial charge in [0.1, 0.15) is 0 Å². The standard InChI is InChI=1S/C16H20ClNO3S/c17-14-5-4-13(22-14)12(20)3-6-15(21)18-16-10-2-1-9(7-10)11(16)8-19/h4-5,9-11,16,19H,1-3,6-8H2,(H,18,21). The first kappa shape index (κ1) is 16.0. The molecule has 4 atom stereocenters. The number of ketones is 1. The van der Waals surface area contributed by atoms with Gasteiger partial charge in [-0.05, 0) is 43.2 Å². The minimum Gasteiger partial charge on any atom is -0.396 e. The molecule has 120 valence electrons. The van der Waals surface area contributed by atoms with Crippen molar-refractivity contribution < 1.29 is 14.7 Å². The van der Waals surface area contributed by atoms with Crippen molar-refractivity contribution in [1.82, 2.24) is 5.32 Å². The number of halogens is 1. The van der Waals surface area contributed by atoms with Gasteiger partial charge in [-0.15, -0.1) is 11.3 Å². The van der Waals surface area contributed by atoms with E-state index < -0.39 is 0 Å². The van der Waals surface area contributed by atoms with Crippen LogP contribution < -0.4 is 5.32 Å². The molecule has 3 rings (SSSR count). The van der Waals surface area contributed by atoms with Crippen LogP contribution in [-0.4, -0.2) is 29.4 Å². The Morgan fingerprint density at radius 1 is 1.27 bits per heavy atom. The van der Waals surface area contributed by atoms with Crippen LogP contribution in [0.25, 0.3) is 0 Å². The number of amides is 1. The van der Waals surface area contributed by atoms with Gasteiger partial charge in [0.2, 0.25) is 5.91 Å². The third-order valence-electron chi connectivity index (χ3n) is 5.05. The van der Waals surface area contributed by atoms with Gasteiger partial charge in [0, 0.05) is 31.4 Å². The van der Waals surface area contributed by atoms with Gasteiger partial charge >= 0.3 is 0 Å². The number of nitrogens with one attached hydrogen (secondary N) is 1. The SMILES string of the molecule is O=C(CCC(=O)c1ccc(Cl)s1)NC1C2CCC(C2)C1CO. The lowest BCUT2D eigenvalue weighted by molar-refractivity contribution is -0.122. The summed E-state index contributed by atoms with van der Waals surface area (Å²) >= 11 is 7.06. The Balaban J connectivity index is 1.49. The third-order valence-corrected chi connectivity index (χ3v) is 6.33. The summed E-state index contributed by atoms with van der Waals surface area (Å²) in [4.78, 5) is 24.7. The average Bonchev–Trinajstić information content (AvgIpc) is 3.20. The highest BCUT2D eigenvalue weighted by atomic mass is 35.5. The number of Topliss-reactive ketones (excluding diaryl/α,β-unsaturated/α-hetero) is 1. The van der Waals surface area contributed by atoms with Crippen LogP contribution in [0.1, 0.15) is 41.8 Å². The molecule has 2 bridgehead atoms. The number of aliphatic hydroxyl groups excluding tert-OH is 1. The molecular formula is C16H20ClNO3S. The molecule has 1 amide bonds. The van der Waals surface area contributed by atoms with Gasteiger partial charge in [0.15, 0.2) is 5.78 Å². The Labute approximate surface area is 138 Å². The Bertz CT molecular complexity index is 573. The predicted octanol–water partition coefficient (Wildman–Crippen LogP) is 2.89. The minimum atomic E-state index is -0.0907. The van der Waals surface area contributed by atoms with Crippen molar-refractivity contribution in [2.24, 2.45) is 17.8 Å². The van der Waals surface area contributed by atoms with E-state index in [1.165, 1.54) is 17.8 Å². The van der Waals surface area contributed by atoms with Gasteiger partial charge in [0.25, 0.3) is 0 Å². The predicted molar refractivity (Wildman–Crippen MR) is 86.2 cm³/mol. The van der Waals surface area contributed by atoms with Crippen LogP contribution in [-0.2, 0) is 4.79 Å². The molecular weight excluding hydrogens is 322 g/mol. The smallest absolute Gasteiger partial charge is 0.220 e. The lowest BCUT2D eigenvalue weighted by Crippen LogP contribution is -2.45. The first-order valence-corrected chi connectivity index (χ1v) is 8.96. The number of carbonyl (C=O) groups is 2. The second-order valence-electron chi connectivity index (χ2n) is 6.30. The Hall–Kier alpha value is -0.910. The highest BCUT2D eigenvalue weighted by molar-refractivity contribution is 7.18. The van der Waals surface area contributed by atoms with Crippen LogP contribution in [0.15, 0.2) is 12.1 Å². The van der Waals surface area contributed by atoms with Crippen molar-refractivity contribution in [3.05, 3.63) is 21.3 Å². The summed E-state index contributed by atoms with van der Waals surface area (Å²) in [6.07, 6.45) is 3.81. The largest absolute Gasteiger partial charge is 0.396 e. The van der Waals surface area contributed by atoms with Crippen molar-refractivity contribution in [2.45, 2.75) is 38.1 Å². The lowest BCUT2D eigenvalue weighted by Gasteiger charge is -2.30. The van der Waals surface area contributed by atoms with Gasteiger partial charge in [0.05, 0.1) is 9.21 Å². The average molecular weight is 342 g/mol. The van der Waals surface area contributed by atoms with Gasteiger partial charge in [-0.25, -0.2) is 0 Å². The molecule has 4 unspecified atom stereocenters. The molecule has 4 nitrogen and oxygen atoms in total. The van der Waals surface area contributed by atoms with E-state index in [2.05, 4.69) is 5.32 Å². The fourth-order valence-corrected chi connectivity index (χ4v) is 4.98. The first-order valence-electron chi connectivity index (χ1n) is 7.77. The van der Waals surface area contributed by atoms with Gasteiger partial charge < -0.3 is 10.4 Å². The van der Waals surface area contributed by atoms with Crippen LogP contribution in [0.4, 0.5) is 0 Å². The highest BCUT2D eigenvalue weighted by Gasteiger charge is 2.47. The highest BCUT2D eigenvalue weighted by Crippen LogP contribution is 2.48. The van der Waals surface area contributed by atoms with E-state index in [1.807, 2.05) is 0 Å². The quantitative estimate of drug-likeness (QED) is 0.782. The third kappa shape index (κ3) is 3.21. The molecule has 0 spiro atoms. The second-order valence-corrected chi connectivity index (χ2v) is 8.01. The van der Waals surface area contributed by atoms with Crippen LogP contribution in [0.2, 0.25) is 4.34 Å². The van der Waals surface area contributed by atoms with Gasteiger partial charge in [-0.1, -0.05) is 11.6 Å². The van der Waals surface area contributed by atoms with Crippen LogP contribution in [0, 0.1) is 17.8 Å². The molecule has 0 radical (unpaired) electrons. The Morgan fingerprint density at radius 3 is 2.73 bits per heavy atom. The van der Waals surface area contributed by atoms with E-state index in [0.29, 0.717) is 21.0 Å². The summed E-state index contributed by atoms with van der Waals surface area (Å²) in [5, 5.41) is 12.6. The van der Waals surface area contributed by atoms with E-state index in [1.54, 1.807) is 12.1 Å². The number of aliphatic hydroxyl groups is 1. The normalized spacial score (nSPS) is 29.7. The zero-order valence-electron chi connectivity index (χ0n) is 12.3. The maximum Gasteiger partial charge on any atom is 0.220 e. The van der Waals surface area contributed by atoms with E-state index in [4.69, 9.17) is 11.6 Å². The number of fused-ring (bicyclic) bond motifs is 2. The number of hydrogen-bond donors (Lipinski definition) is 2. The molecule has 1 aromatic heterocycles. The molecule has 1 heterocycles. The summed E-state index contributed by atoms with van der Waals surface area (Å²) in [5.74, 6) is 1.10. The molecule has 6 heteroatoms. The summed E-state index contributed by atoms with van der Waals surface area (Å²) in [6, 6.07) is 3.48. The summed E-state index contributed by atoms with van der Waals surface area (Å²) in [5.41, 5.74) is 0. The first-order chi connectivity index (χ1) is 10.6. The molecule has 2 saturated carbocycles. The molecule has 2 fully saturated rings. The molecule has 0 saturated heterocycles. The minimum absolute atomic E-state index is 0.0429. The molecule has 2 aliphatic carbocycles. The van der Waals surface area contributed by atoms with E-state index >= 15 is 0 Å². The van der Waals surface area contributed by atoms with Crippen LogP contribution in [0.3, 0.4) is 0 Å². The molecule has 22 heavy (non-hydrogen) atoms. The number of carbonyl (C=O) groups excluding carboxylic acids is 2. The fourth-order valence-electron chi connectivity index (χ4n) is 3.97. The maximum absolute atomic E-state index is 12.1. The number of thiophene rings is 1. The number of hydrogen-bond acceptors (Lipinski definition) is 4. The van der Waals surface area contributed by atoms with Crippen molar-refractivity contribution in [2.75, 3.05) is 6.61 Å². The Morgan fingerprint density at radius 2 is 2.05 bits per heavy atom. The molecule has 1 aromatic rings. The van der Waals surface area contributed by atoms with Crippen LogP contribution >= 0.6 is 22.9 Å². The molecule has 0 aromatic carbocycles. The topological polar surface area (TPSA) is 66.4 Å². The number of rotatable bonds is 6. The van der Waals surface area contributed by atoms with E-state index in [9.17, 15) is 14.7 Å². The van der Waals surface area contributed by atoms with Crippen molar-refractivity contribution in [1.29, 1.82) is 0 Å². The van der Waals surface area contributed by atoms with E-state index in [0.717, 1.165) is 12.8 Å². The van der Waals surface area contributed by atoms with Gasteiger partial charge in [-0.2, -0.15) is 0 Å². The van der Waals surface area contributed by atoms with Crippen molar-refractivity contribution in [3.8, 4) is 0 Å².